The third-order valence-corrected chi connectivity index (χ3v) is 2.45. The maximum absolute atomic E-state index is 12.0. The molecule has 84 valence electrons. The largest absolute Gasteiger partial charge is 0.390 e. The third-order valence-electron chi connectivity index (χ3n) is 2.45. The van der Waals surface area contributed by atoms with Gasteiger partial charge in [-0.05, 0) is 26.9 Å². The molecule has 2 unspecified atom stereocenters. The summed E-state index contributed by atoms with van der Waals surface area (Å²) < 4.78 is 36.0. The molecular formula is C9H17F3N2. The molecule has 1 fully saturated rings. The van der Waals surface area contributed by atoms with Crippen LogP contribution in [0.2, 0.25) is 0 Å². The minimum atomic E-state index is -4.06. The SMILES string of the molecule is CC(CC(F)(F)F)NC1CCN(C)C1. The van der Waals surface area contributed by atoms with Crippen molar-refractivity contribution in [3.63, 3.8) is 0 Å². The van der Waals surface area contributed by atoms with E-state index in [0.29, 0.717) is 0 Å². The van der Waals surface area contributed by atoms with Gasteiger partial charge >= 0.3 is 6.18 Å². The van der Waals surface area contributed by atoms with E-state index in [0.717, 1.165) is 19.5 Å². The number of hydrogen-bond acceptors (Lipinski definition) is 2. The molecule has 14 heavy (non-hydrogen) atoms. The van der Waals surface area contributed by atoms with Gasteiger partial charge in [0, 0.05) is 18.6 Å². The fourth-order valence-corrected chi connectivity index (χ4v) is 1.88. The molecule has 2 nitrogen and oxygen atoms in total. The van der Waals surface area contributed by atoms with Crippen LogP contribution in [0.15, 0.2) is 0 Å². The minimum absolute atomic E-state index is 0.220. The average molecular weight is 210 g/mol. The fourth-order valence-electron chi connectivity index (χ4n) is 1.88. The van der Waals surface area contributed by atoms with Crippen LogP contribution >= 0.6 is 0 Å². The Morgan fingerprint density at radius 3 is 2.57 bits per heavy atom. The first kappa shape index (κ1) is 11.8. The lowest BCUT2D eigenvalue weighted by molar-refractivity contribution is -0.139. The predicted molar refractivity (Wildman–Crippen MR) is 49.2 cm³/mol. The second-order valence-electron chi connectivity index (χ2n) is 4.13. The summed E-state index contributed by atoms with van der Waals surface area (Å²) in [6.07, 6.45) is -3.86. The van der Waals surface area contributed by atoms with E-state index in [1.807, 2.05) is 7.05 Å². The standard InChI is InChI=1S/C9H17F3N2/c1-7(5-9(10,11)12)13-8-3-4-14(2)6-8/h7-8,13H,3-6H2,1-2H3. The normalized spacial score (nSPS) is 26.8. The molecule has 0 spiro atoms. The molecule has 0 aromatic heterocycles. The number of nitrogens with one attached hydrogen (secondary N) is 1. The molecule has 0 aromatic rings. The summed E-state index contributed by atoms with van der Waals surface area (Å²) in [6, 6.07) is -0.260. The van der Waals surface area contributed by atoms with Crippen molar-refractivity contribution < 1.29 is 13.2 Å². The van der Waals surface area contributed by atoms with Crippen LogP contribution in [0.5, 0.6) is 0 Å². The summed E-state index contributed by atoms with van der Waals surface area (Å²) in [7, 11) is 1.98. The molecule has 0 saturated carbocycles. The summed E-state index contributed by atoms with van der Waals surface area (Å²) in [4.78, 5) is 2.12. The van der Waals surface area contributed by atoms with E-state index in [1.165, 1.54) is 0 Å². The second-order valence-corrected chi connectivity index (χ2v) is 4.13. The smallest absolute Gasteiger partial charge is 0.310 e. The van der Waals surface area contributed by atoms with Gasteiger partial charge in [-0.1, -0.05) is 0 Å². The lowest BCUT2D eigenvalue weighted by Crippen LogP contribution is -2.40. The van der Waals surface area contributed by atoms with Crippen molar-refractivity contribution in [1.29, 1.82) is 0 Å². The zero-order valence-electron chi connectivity index (χ0n) is 8.56. The molecule has 5 heteroatoms. The monoisotopic (exact) mass is 210 g/mol. The van der Waals surface area contributed by atoms with Crippen LogP contribution in [0.25, 0.3) is 0 Å². The number of hydrogen-bond donors (Lipinski definition) is 1. The van der Waals surface area contributed by atoms with Crippen molar-refractivity contribution in [2.75, 3.05) is 20.1 Å². The topological polar surface area (TPSA) is 15.3 Å². The number of nitrogens with zero attached hydrogens (tertiary/aromatic N) is 1. The predicted octanol–water partition coefficient (Wildman–Crippen LogP) is 1.62. The van der Waals surface area contributed by atoms with Crippen molar-refractivity contribution in [2.45, 2.75) is 38.0 Å². The quantitative estimate of drug-likeness (QED) is 0.761. The van der Waals surface area contributed by atoms with Crippen LogP contribution in [0, 0.1) is 0 Å². The van der Waals surface area contributed by atoms with E-state index in [9.17, 15) is 13.2 Å². The van der Waals surface area contributed by atoms with Crippen molar-refractivity contribution in [2.24, 2.45) is 0 Å². The lowest BCUT2D eigenvalue weighted by Gasteiger charge is -2.20. The van der Waals surface area contributed by atoms with E-state index in [-0.39, 0.29) is 6.04 Å². The van der Waals surface area contributed by atoms with Crippen LogP contribution in [0.1, 0.15) is 19.8 Å². The Morgan fingerprint density at radius 2 is 2.14 bits per heavy atom. The number of likely N-dealkylation sites (tertiary alicyclic amines) is 1. The molecule has 0 amide bonds. The minimum Gasteiger partial charge on any atom is -0.310 e. The Balaban J connectivity index is 2.24. The van der Waals surface area contributed by atoms with Gasteiger partial charge in [-0.25, -0.2) is 0 Å². The Kier molecular flexibility index (Phi) is 3.78. The molecule has 1 aliphatic heterocycles. The van der Waals surface area contributed by atoms with Crippen LogP contribution in [0.3, 0.4) is 0 Å². The van der Waals surface area contributed by atoms with Gasteiger partial charge in [0.05, 0.1) is 6.42 Å². The molecule has 1 aliphatic rings. The van der Waals surface area contributed by atoms with Crippen LogP contribution in [0.4, 0.5) is 13.2 Å². The first-order valence-electron chi connectivity index (χ1n) is 4.88. The third kappa shape index (κ3) is 4.28. The summed E-state index contributed by atoms with van der Waals surface area (Å²) in [5.41, 5.74) is 0. The number of halogens is 3. The van der Waals surface area contributed by atoms with E-state index >= 15 is 0 Å². The zero-order chi connectivity index (χ0) is 10.8. The van der Waals surface area contributed by atoms with E-state index in [1.54, 1.807) is 6.92 Å². The fraction of sp³-hybridized carbons (Fsp3) is 1.00. The molecular weight excluding hydrogens is 193 g/mol. The Labute approximate surface area is 82.5 Å². The van der Waals surface area contributed by atoms with Gasteiger partial charge < -0.3 is 10.2 Å². The molecule has 0 aliphatic carbocycles. The van der Waals surface area contributed by atoms with E-state index in [2.05, 4.69) is 10.2 Å². The highest BCUT2D eigenvalue weighted by molar-refractivity contribution is 4.81. The summed E-state index contributed by atoms with van der Waals surface area (Å²) in [5, 5.41) is 3.00. The van der Waals surface area contributed by atoms with Gasteiger partial charge in [0.15, 0.2) is 0 Å². The maximum atomic E-state index is 12.0. The molecule has 1 rings (SSSR count). The molecule has 1 saturated heterocycles. The van der Waals surface area contributed by atoms with E-state index in [4.69, 9.17) is 0 Å². The molecule has 0 radical (unpaired) electrons. The summed E-state index contributed by atoms with van der Waals surface area (Å²) in [5.74, 6) is 0. The van der Waals surface area contributed by atoms with E-state index < -0.39 is 18.6 Å². The molecule has 2 atom stereocenters. The molecule has 1 N–H and O–H groups in total. The lowest BCUT2D eigenvalue weighted by atomic mass is 10.2. The average Bonchev–Trinajstić information content (AvgIpc) is 2.30. The zero-order valence-corrected chi connectivity index (χ0v) is 8.56. The highest BCUT2D eigenvalue weighted by atomic mass is 19.4. The van der Waals surface area contributed by atoms with Crippen molar-refractivity contribution in [3.8, 4) is 0 Å². The first-order valence-corrected chi connectivity index (χ1v) is 4.88. The Bertz CT molecular complexity index is 181. The highest BCUT2D eigenvalue weighted by Gasteiger charge is 2.31. The maximum Gasteiger partial charge on any atom is 0.390 e. The number of alkyl halides is 3. The molecule has 1 heterocycles. The van der Waals surface area contributed by atoms with Gasteiger partial charge in [0.25, 0.3) is 0 Å². The van der Waals surface area contributed by atoms with Crippen LogP contribution in [-0.2, 0) is 0 Å². The van der Waals surface area contributed by atoms with Crippen LogP contribution < -0.4 is 5.32 Å². The van der Waals surface area contributed by atoms with Gasteiger partial charge in [0.1, 0.15) is 0 Å². The molecule has 0 aromatic carbocycles. The Morgan fingerprint density at radius 1 is 1.50 bits per heavy atom. The van der Waals surface area contributed by atoms with Gasteiger partial charge in [-0.2, -0.15) is 13.2 Å². The molecule has 0 bridgehead atoms. The second kappa shape index (κ2) is 4.49. The highest BCUT2D eigenvalue weighted by Crippen LogP contribution is 2.22. The van der Waals surface area contributed by atoms with Gasteiger partial charge in [-0.15, -0.1) is 0 Å². The van der Waals surface area contributed by atoms with Gasteiger partial charge in [-0.3, -0.25) is 0 Å². The van der Waals surface area contributed by atoms with Crippen molar-refractivity contribution >= 4 is 0 Å². The van der Waals surface area contributed by atoms with Crippen molar-refractivity contribution in [1.82, 2.24) is 10.2 Å². The van der Waals surface area contributed by atoms with Crippen molar-refractivity contribution in [3.05, 3.63) is 0 Å². The van der Waals surface area contributed by atoms with Crippen LogP contribution in [-0.4, -0.2) is 43.3 Å². The summed E-state index contributed by atoms with van der Waals surface area (Å²) in [6.45, 7) is 3.41. The summed E-state index contributed by atoms with van der Waals surface area (Å²) >= 11 is 0. The number of rotatable bonds is 3. The number of likely N-dealkylation sites (N-methyl/N-ethyl adjacent to an activating group) is 1. The first-order chi connectivity index (χ1) is 6.37. The van der Waals surface area contributed by atoms with Gasteiger partial charge in [0.2, 0.25) is 0 Å². The Hall–Kier alpha value is -0.290.